The van der Waals surface area contributed by atoms with Crippen molar-refractivity contribution in [2.24, 2.45) is 4.99 Å². The number of carbonyl (C=O) groups is 1. The number of carbonyl (C=O) groups excluding carboxylic acids is 1. The van der Waals surface area contributed by atoms with Gasteiger partial charge in [0.2, 0.25) is 0 Å². The molecule has 0 radical (unpaired) electrons. The Kier molecular flexibility index (Phi) is 6.42. The molecule has 1 aliphatic rings. The van der Waals surface area contributed by atoms with Crippen LogP contribution in [0.25, 0.3) is 0 Å². The zero-order valence-electron chi connectivity index (χ0n) is 13.2. The second-order valence-electron chi connectivity index (χ2n) is 4.94. The fourth-order valence-electron chi connectivity index (χ4n) is 2.21. The van der Waals surface area contributed by atoms with Crippen LogP contribution in [0.4, 0.5) is 0 Å². The summed E-state index contributed by atoms with van der Waals surface area (Å²) < 4.78 is 15.7. The Morgan fingerprint density at radius 1 is 1.32 bits per heavy atom. The van der Waals surface area contributed by atoms with Gasteiger partial charge in [-0.05, 0) is 18.7 Å². The van der Waals surface area contributed by atoms with E-state index in [-0.39, 0.29) is 5.76 Å². The summed E-state index contributed by atoms with van der Waals surface area (Å²) in [5.41, 5.74) is 0. The first-order valence-corrected chi connectivity index (χ1v) is 7.50. The predicted molar refractivity (Wildman–Crippen MR) is 82.0 cm³/mol. The van der Waals surface area contributed by atoms with Crippen molar-refractivity contribution in [1.29, 1.82) is 0 Å². The summed E-state index contributed by atoms with van der Waals surface area (Å²) in [5.74, 6) is -0.227. The number of hydrogen-bond donors (Lipinski definition) is 0. The minimum Gasteiger partial charge on any atom is -0.462 e. The Bertz CT molecular complexity index is 479. The van der Waals surface area contributed by atoms with Crippen molar-refractivity contribution in [1.82, 2.24) is 9.80 Å². The minimum absolute atomic E-state index is 0.208. The number of ether oxygens (including phenoxy) is 2. The molecule has 0 N–H and O–H groups in total. The summed E-state index contributed by atoms with van der Waals surface area (Å²) in [7, 11) is 1.61. The molecule has 0 spiro atoms. The Hall–Kier alpha value is -1.86. The highest BCUT2D eigenvalue weighted by atomic mass is 16.5. The largest absolute Gasteiger partial charge is 0.462 e. The third kappa shape index (κ3) is 4.57. The molecule has 2 heterocycles. The lowest BCUT2D eigenvalue weighted by Crippen LogP contribution is -2.49. The molecule has 2 rings (SSSR count). The topological polar surface area (TPSA) is 67.5 Å². The first kappa shape index (κ1) is 16.5. The van der Waals surface area contributed by atoms with Crippen LogP contribution in [0.1, 0.15) is 17.5 Å². The summed E-state index contributed by atoms with van der Waals surface area (Å²) >= 11 is 0. The van der Waals surface area contributed by atoms with Crippen molar-refractivity contribution >= 4 is 11.9 Å². The third-order valence-corrected chi connectivity index (χ3v) is 3.54. The second-order valence-corrected chi connectivity index (χ2v) is 4.94. The average Bonchev–Trinajstić information content (AvgIpc) is 3.09. The van der Waals surface area contributed by atoms with Crippen LogP contribution in [0.15, 0.2) is 27.8 Å². The maximum absolute atomic E-state index is 12.1. The maximum atomic E-state index is 12.1. The lowest BCUT2D eigenvalue weighted by molar-refractivity contribution is 0.0938. The highest BCUT2D eigenvalue weighted by Crippen LogP contribution is 2.07. The monoisotopic (exact) mass is 309 g/mol. The van der Waals surface area contributed by atoms with Gasteiger partial charge in [0, 0.05) is 33.3 Å². The number of hydrogen-bond acceptors (Lipinski definition) is 5. The molecule has 0 aliphatic carbocycles. The zero-order valence-corrected chi connectivity index (χ0v) is 13.2. The highest BCUT2D eigenvalue weighted by molar-refractivity contribution is 5.99. The number of aliphatic imine (C=N–C) groups is 1. The molecule has 1 fully saturated rings. The van der Waals surface area contributed by atoms with E-state index in [1.165, 1.54) is 6.26 Å². The number of likely N-dealkylation sites (N-methyl/N-ethyl adjacent to an activating group) is 1. The number of piperazine rings is 1. The van der Waals surface area contributed by atoms with Gasteiger partial charge in [-0.3, -0.25) is 4.79 Å². The van der Waals surface area contributed by atoms with Crippen molar-refractivity contribution < 1.29 is 18.7 Å². The molecule has 7 nitrogen and oxygen atoms in total. The summed E-state index contributed by atoms with van der Waals surface area (Å²) in [6.45, 7) is 7.39. The van der Waals surface area contributed by atoms with E-state index in [2.05, 4.69) is 16.8 Å². The van der Waals surface area contributed by atoms with Gasteiger partial charge in [-0.15, -0.1) is 0 Å². The van der Waals surface area contributed by atoms with Gasteiger partial charge in [-0.2, -0.15) is 4.99 Å². The van der Waals surface area contributed by atoms with E-state index in [0.717, 1.165) is 32.7 Å². The van der Waals surface area contributed by atoms with Gasteiger partial charge in [0.1, 0.15) is 6.61 Å². The van der Waals surface area contributed by atoms with E-state index in [1.807, 2.05) is 4.90 Å². The van der Waals surface area contributed by atoms with Crippen LogP contribution in [0.5, 0.6) is 0 Å². The van der Waals surface area contributed by atoms with Gasteiger partial charge in [0.15, 0.2) is 5.76 Å². The quantitative estimate of drug-likeness (QED) is 0.460. The van der Waals surface area contributed by atoms with Crippen LogP contribution in [0, 0.1) is 0 Å². The van der Waals surface area contributed by atoms with Crippen molar-refractivity contribution in [2.45, 2.75) is 6.92 Å². The highest BCUT2D eigenvalue weighted by Gasteiger charge is 2.21. The molecule has 0 unspecified atom stereocenters. The van der Waals surface area contributed by atoms with Crippen LogP contribution in [-0.2, 0) is 9.47 Å². The van der Waals surface area contributed by atoms with Crippen LogP contribution in [0.3, 0.4) is 0 Å². The van der Waals surface area contributed by atoms with Gasteiger partial charge in [0.25, 0.3) is 6.02 Å². The van der Waals surface area contributed by atoms with E-state index < -0.39 is 5.91 Å². The van der Waals surface area contributed by atoms with Gasteiger partial charge in [0.05, 0.1) is 12.9 Å². The molecule has 1 amide bonds. The fraction of sp³-hybridized carbons (Fsp3) is 0.600. The molecule has 22 heavy (non-hydrogen) atoms. The van der Waals surface area contributed by atoms with Crippen LogP contribution >= 0.6 is 0 Å². The summed E-state index contributed by atoms with van der Waals surface area (Å²) in [4.78, 5) is 20.5. The summed E-state index contributed by atoms with van der Waals surface area (Å²) in [6, 6.07) is 3.59. The molecular formula is C15H23N3O4. The van der Waals surface area contributed by atoms with Crippen LogP contribution in [0.2, 0.25) is 0 Å². The van der Waals surface area contributed by atoms with E-state index in [9.17, 15) is 4.79 Å². The first-order chi connectivity index (χ1) is 10.7. The van der Waals surface area contributed by atoms with Gasteiger partial charge < -0.3 is 23.7 Å². The molecule has 1 aromatic heterocycles. The molecule has 0 aromatic carbocycles. The van der Waals surface area contributed by atoms with Crippen LogP contribution < -0.4 is 0 Å². The Balaban J connectivity index is 2.03. The van der Waals surface area contributed by atoms with Crippen LogP contribution in [-0.4, -0.2) is 74.8 Å². The van der Waals surface area contributed by atoms with Crippen molar-refractivity contribution in [3.05, 3.63) is 24.2 Å². The van der Waals surface area contributed by atoms with Crippen molar-refractivity contribution in [3.63, 3.8) is 0 Å². The number of methoxy groups -OCH3 is 1. The molecule has 1 aromatic rings. The van der Waals surface area contributed by atoms with E-state index in [4.69, 9.17) is 13.9 Å². The molecule has 0 atom stereocenters. The Morgan fingerprint density at radius 2 is 2.09 bits per heavy atom. The van der Waals surface area contributed by atoms with Gasteiger partial charge >= 0.3 is 5.91 Å². The Labute approximate surface area is 130 Å². The molecule has 0 bridgehead atoms. The number of nitrogens with zero attached hydrogens (tertiary/aromatic N) is 3. The van der Waals surface area contributed by atoms with E-state index >= 15 is 0 Å². The standard InChI is InChI=1S/C15H23N3O4/c1-3-17-6-8-18(9-7-17)15(22-12-11-20-2)16-14(19)13-5-4-10-21-13/h4-5,10H,3,6-9,11-12H2,1-2H3. The van der Waals surface area contributed by atoms with E-state index in [0.29, 0.717) is 19.2 Å². The van der Waals surface area contributed by atoms with E-state index in [1.54, 1.807) is 19.2 Å². The van der Waals surface area contributed by atoms with Gasteiger partial charge in [-0.1, -0.05) is 6.92 Å². The lowest BCUT2D eigenvalue weighted by atomic mass is 10.3. The number of rotatable bonds is 5. The van der Waals surface area contributed by atoms with Crippen molar-refractivity contribution in [3.8, 4) is 0 Å². The number of furan rings is 1. The van der Waals surface area contributed by atoms with Crippen molar-refractivity contribution in [2.75, 3.05) is 53.0 Å². The SMILES string of the molecule is CCN1CCN(C(=NC(=O)c2ccco2)OCCOC)CC1. The maximum Gasteiger partial charge on any atom is 0.317 e. The normalized spacial score (nSPS) is 16.8. The smallest absolute Gasteiger partial charge is 0.317 e. The molecule has 1 aliphatic heterocycles. The van der Waals surface area contributed by atoms with Gasteiger partial charge in [-0.25, -0.2) is 0 Å². The molecular weight excluding hydrogens is 286 g/mol. The predicted octanol–water partition coefficient (Wildman–Crippen LogP) is 1.08. The fourth-order valence-corrected chi connectivity index (χ4v) is 2.21. The molecule has 122 valence electrons. The summed E-state index contributed by atoms with van der Waals surface area (Å²) in [5, 5.41) is 0. The first-order valence-electron chi connectivity index (χ1n) is 7.50. The Morgan fingerprint density at radius 3 is 2.68 bits per heavy atom. The molecule has 0 saturated carbocycles. The minimum atomic E-state index is -0.435. The second kappa shape index (κ2) is 8.55. The lowest BCUT2D eigenvalue weighted by Gasteiger charge is -2.35. The average molecular weight is 309 g/mol. The molecule has 1 saturated heterocycles. The number of amides is 1. The summed E-state index contributed by atoms with van der Waals surface area (Å²) in [6.07, 6.45) is 1.45. The molecule has 7 heteroatoms. The number of amidine groups is 1. The zero-order chi connectivity index (χ0) is 15.8. The third-order valence-electron chi connectivity index (χ3n) is 3.54.